The largest absolute Gasteiger partial charge is 0.504 e. The van der Waals surface area contributed by atoms with E-state index in [1.54, 1.807) is 12.1 Å². The highest BCUT2D eigenvalue weighted by atomic mass is 35.5. The minimum Gasteiger partial charge on any atom is -0.504 e. The van der Waals surface area contributed by atoms with Gasteiger partial charge in [0.2, 0.25) is 0 Å². The smallest absolute Gasteiger partial charge is 0.162 e. The summed E-state index contributed by atoms with van der Waals surface area (Å²) in [4.78, 5) is 0. The number of methoxy groups -OCH3 is 1. The summed E-state index contributed by atoms with van der Waals surface area (Å²) in [5.74, 6) is 0.472. The van der Waals surface area contributed by atoms with Crippen LogP contribution in [0.2, 0.25) is 5.02 Å². The van der Waals surface area contributed by atoms with Crippen molar-refractivity contribution < 1.29 is 14.9 Å². The number of ether oxygens (including phenoxy) is 1. The zero-order chi connectivity index (χ0) is 13.9. The molecular formula is C14H20ClNO3. The van der Waals surface area contributed by atoms with E-state index in [0.29, 0.717) is 22.9 Å². The lowest BCUT2D eigenvalue weighted by Gasteiger charge is -2.28. The van der Waals surface area contributed by atoms with Gasteiger partial charge in [0.15, 0.2) is 11.5 Å². The van der Waals surface area contributed by atoms with E-state index < -0.39 is 0 Å². The van der Waals surface area contributed by atoms with Crippen LogP contribution in [-0.2, 0) is 6.54 Å². The highest BCUT2D eigenvalue weighted by molar-refractivity contribution is 6.30. The van der Waals surface area contributed by atoms with Crippen LogP contribution in [0, 0.1) is 0 Å². The quantitative estimate of drug-likeness (QED) is 0.778. The first-order valence-electron chi connectivity index (χ1n) is 6.51. The molecule has 0 unspecified atom stereocenters. The van der Waals surface area contributed by atoms with E-state index in [0.717, 1.165) is 25.7 Å². The fourth-order valence-corrected chi connectivity index (χ4v) is 2.87. The van der Waals surface area contributed by atoms with Crippen molar-refractivity contribution in [2.24, 2.45) is 0 Å². The maximum absolute atomic E-state index is 10.1. The molecule has 0 amide bonds. The average Bonchev–Trinajstić information content (AvgIpc) is 2.89. The number of benzene rings is 1. The Morgan fingerprint density at radius 3 is 2.63 bits per heavy atom. The first kappa shape index (κ1) is 14.4. The van der Waals surface area contributed by atoms with E-state index in [1.165, 1.54) is 7.11 Å². The molecular weight excluding hydrogens is 266 g/mol. The molecule has 1 aliphatic rings. The Morgan fingerprint density at radius 2 is 2.05 bits per heavy atom. The Bertz CT molecular complexity index is 445. The van der Waals surface area contributed by atoms with Crippen LogP contribution in [0.15, 0.2) is 12.1 Å². The van der Waals surface area contributed by atoms with Crippen molar-refractivity contribution >= 4 is 11.6 Å². The van der Waals surface area contributed by atoms with Crippen LogP contribution in [0.25, 0.3) is 0 Å². The number of nitrogens with one attached hydrogen (secondary N) is 1. The van der Waals surface area contributed by atoms with Crippen molar-refractivity contribution in [3.05, 3.63) is 22.7 Å². The molecule has 0 atom stereocenters. The molecule has 19 heavy (non-hydrogen) atoms. The highest BCUT2D eigenvalue weighted by Gasteiger charge is 2.32. The van der Waals surface area contributed by atoms with Gasteiger partial charge in [-0.15, -0.1) is 0 Å². The Hall–Kier alpha value is -0.970. The van der Waals surface area contributed by atoms with Crippen molar-refractivity contribution in [3.63, 3.8) is 0 Å². The van der Waals surface area contributed by atoms with Gasteiger partial charge in [-0.3, -0.25) is 0 Å². The molecule has 1 saturated carbocycles. The van der Waals surface area contributed by atoms with Crippen molar-refractivity contribution in [2.45, 2.75) is 37.8 Å². The molecule has 0 heterocycles. The van der Waals surface area contributed by atoms with Gasteiger partial charge in [0.1, 0.15) is 0 Å². The number of phenols is 1. The molecule has 1 aromatic carbocycles. The summed E-state index contributed by atoms with van der Waals surface area (Å²) in [6, 6.07) is 3.30. The van der Waals surface area contributed by atoms with Gasteiger partial charge in [-0.2, -0.15) is 0 Å². The maximum Gasteiger partial charge on any atom is 0.162 e. The first-order chi connectivity index (χ1) is 9.10. The number of rotatable bonds is 5. The van der Waals surface area contributed by atoms with E-state index in [4.69, 9.17) is 16.3 Å². The summed E-state index contributed by atoms with van der Waals surface area (Å²) in [5.41, 5.74) is 0.464. The SMILES string of the molecule is COc1cc(Cl)cc(CNC2(CO)CCCC2)c1O. The fraction of sp³-hybridized carbons (Fsp3) is 0.571. The average molecular weight is 286 g/mol. The van der Waals surface area contributed by atoms with Crippen LogP contribution < -0.4 is 10.1 Å². The molecule has 5 heteroatoms. The van der Waals surface area contributed by atoms with Crippen molar-refractivity contribution in [3.8, 4) is 11.5 Å². The first-order valence-corrected chi connectivity index (χ1v) is 6.89. The maximum atomic E-state index is 10.1. The van der Waals surface area contributed by atoms with Crippen LogP contribution in [0.1, 0.15) is 31.2 Å². The number of aromatic hydroxyl groups is 1. The molecule has 106 valence electrons. The molecule has 1 aliphatic carbocycles. The van der Waals surface area contributed by atoms with Gasteiger partial charge in [-0.25, -0.2) is 0 Å². The Morgan fingerprint density at radius 1 is 1.37 bits per heavy atom. The Kier molecular flexibility index (Phi) is 4.55. The van der Waals surface area contributed by atoms with Crippen molar-refractivity contribution in [2.75, 3.05) is 13.7 Å². The summed E-state index contributed by atoms with van der Waals surface area (Å²) >= 11 is 6.00. The molecule has 0 saturated heterocycles. The topological polar surface area (TPSA) is 61.7 Å². The van der Waals surface area contributed by atoms with Crippen molar-refractivity contribution in [1.29, 1.82) is 0 Å². The second-order valence-electron chi connectivity index (χ2n) is 5.11. The van der Waals surface area contributed by atoms with E-state index in [9.17, 15) is 10.2 Å². The molecule has 3 N–H and O–H groups in total. The summed E-state index contributed by atoms with van der Waals surface area (Å²) in [6.45, 7) is 0.578. The van der Waals surface area contributed by atoms with Gasteiger partial charge in [-0.1, -0.05) is 24.4 Å². The lowest BCUT2D eigenvalue weighted by atomic mass is 9.98. The van der Waals surface area contributed by atoms with Crippen LogP contribution >= 0.6 is 11.6 Å². The van der Waals surface area contributed by atoms with Crippen LogP contribution in [0.3, 0.4) is 0 Å². The molecule has 0 aliphatic heterocycles. The molecule has 0 spiro atoms. The standard InChI is InChI=1S/C14H20ClNO3/c1-19-12-7-11(15)6-10(13(12)18)8-16-14(9-17)4-2-3-5-14/h6-7,16-18H,2-5,8-9H2,1H3. The van der Waals surface area contributed by atoms with E-state index in [2.05, 4.69) is 5.32 Å². The second-order valence-corrected chi connectivity index (χ2v) is 5.55. The van der Waals surface area contributed by atoms with Gasteiger partial charge >= 0.3 is 0 Å². The summed E-state index contributed by atoms with van der Waals surface area (Å²) < 4.78 is 5.08. The molecule has 0 aromatic heterocycles. The van der Waals surface area contributed by atoms with E-state index in [1.807, 2.05) is 0 Å². The normalized spacial score (nSPS) is 17.6. The molecule has 1 fully saturated rings. The van der Waals surface area contributed by atoms with Gasteiger partial charge in [0.05, 0.1) is 13.7 Å². The third kappa shape index (κ3) is 3.14. The lowest BCUT2D eigenvalue weighted by molar-refractivity contribution is 0.162. The Labute approximate surface area is 118 Å². The molecule has 4 nitrogen and oxygen atoms in total. The van der Waals surface area contributed by atoms with Gasteiger partial charge in [-0.05, 0) is 18.9 Å². The predicted molar refractivity (Wildman–Crippen MR) is 74.8 cm³/mol. The third-order valence-corrected chi connectivity index (χ3v) is 4.07. The fourth-order valence-electron chi connectivity index (χ4n) is 2.64. The third-order valence-electron chi connectivity index (χ3n) is 3.86. The minimum atomic E-state index is -0.220. The predicted octanol–water partition coefficient (Wildman–Crippen LogP) is 2.45. The molecule has 0 radical (unpaired) electrons. The van der Waals surface area contributed by atoms with Crippen LogP contribution in [-0.4, -0.2) is 29.5 Å². The minimum absolute atomic E-state index is 0.102. The Balaban J connectivity index is 2.13. The number of hydrogen-bond acceptors (Lipinski definition) is 4. The van der Waals surface area contributed by atoms with Gasteiger partial charge in [0.25, 0.3) is 0 Å². The van der Waals surface area contributed by atoms with E-state index >= 15 is 0 Å². The summed E-state index contributed by atoms with van der Waals surface area (Å²) in [7, 11) is 1.49. The summed E-state index contributed by atoms with van der Waals surface area (Å²) in [6.07, 6.45) is 4.17. The number of aliphatic hydroxyl groups is 1. The van der Waals surface area contributed by atoms with Crippen LogP contribution in [0.4, 0.5) is 0 Å². The van der Waals surface area contributed by atoms with Crippen molar-refractivity contribution in [1.82, 2.24) is 5.32 Å². The van der Waals surface area contributed by atoms with Gasteiger partial charge in [0, 0.05) is 28.7 Å². The van der Waals surface area contributed by atoms with E-state index in [-0.39, 0.29) is 17.9 Å². The molecule has 1 aromatic rings. The second kappa shape index (κ2) is 5.99. The number of phenolic OH excluding ortho intramolecular Hbond substituents is 1. The highest BCUT2D eigenvalue weighted by Crippen LogP contribution is 2.35. The molecule has 0 bridgehead atoms. The molecule has 2 rings (SSSR count). The number of halogens is 1. The zero-order valence-electron chi connectivity index (χ0n) is 11.1. The zero-order valence-corrected chi connectivity index (χ0v) is 11.8. The lowest BCUT2D eigenvalue weighted by Crippen LogP contribution is -2.45. The number of hydrogen-bond donors (Lipinski definition) is 3. The monoisotopic (exact) mass is 285 g/mol. The van der Waals surface area contributed by atoms with Gasteiger partial charge < -0.3 is 20.3 Å². The number of aliphatic hydroxyl groups excluding tert-OH is 1. The van der Waals surface area contributed by atoms with Crippen LogP contribution in [0.5, 0.6) is 11.5 Å². The summed E-state index contributed by atoms with van der Waals surface area (Å²) in [5, 5.41) is 23.5.